The van der Waals surface area contributed by atoms with Crippen molar-refractivity contribution in [2.24, 2.45) is 11.8 Å². The highest BCUT2D eigenvalue weighted by Gasteiger charge is 2.53. The summed E-state index contributed by atoms with van der Waals surface area (Å²) in [4.78, 5) is 36.8. The van der Waals surface area contributed by atoms with Crippen LogP contribution in [0.15, 0.2) is 18.2 Å². The van der Waals surface area contributed by atoms with Gasteiger partial charge in [0, 0.05) is 12.3 Å². The van der Waals surface area contributed by atoms with Crippen molar-refractivity contribution in [3.05, 3.63) is 23.8 Å². The van der Waals surface area contributed by atoms with Crippen LogP contribution in [0.1, 0.15) is 38.7 Å². The van der Waals surface area contributed by atoms with Gasteiger partial charge >= 0.3 is 0 Å². The normalized spacial score (nSPS) is 30.0. The second-order valence-corrected chi connectivity index (χ2v) is 6.63. The fraction of sp³-hybridized carbons (Fsp3) is 0.500. The molecular weight excluding hydrogens is 312 g/mol. The summed E-state index contributed by atoms with van der Waals surface area (Å²) in [6.45, 7) is 4.10. The standard InChI is InChI=1S/C18H22O6/c1-9(19)15-13(22)8-18(3,23)17(10(2)20)16(15)11-5-6-12(21)14(7-11)24-4/h5-7,15-17,21,23H,8H2,1-4H3/t15-,16-,17+,18+/m1/s1. The monoisotopic (exact) mass is 334 g/mol. The molecule has 0 unspecified atom stereocenters. The summed E-state index contributed by atoms with van der Waals surface area (Å²) in [5, 5.41) is 20.4. The minimum Gasteiger partial charge on any atom is -0.504 e. The summed E-state index contributed by atoms with van der Waals surface area (Å²) >= 11 is 0. The lowest BCUT2D eigenvalue weighted by Crippen LogP contribution is -2.53. The van der Waals surface area contributed by atoms with Gasteiger partial charge in [0.1, 0.15) is 17.3 Å². The van der Waals surface area contributed by atoms with Crippen LogP contribution in [-0.2, 0) is 14.4 Å². The quantitative estimate of drug-likeness (QED) is 0.812. The first-order valence-electron chi connectivity index (χ1n) is 7.73. The van der Waals surface area contributed by atoms with Crippen molar-refractivity contribution in [3.8, 4) is 11.5 Å². The number of phenolic OH excluding ortho intramolecular Hbond substituents is 1. The summed E-state index contributed by atoms with van der Waals surface area (Å²) < 4.78 is 5.08. The van der Waals surface area contributed by atoms with Gasteiger partial charge in [-0.3, -0.25) is 14.4 Å². The molecule has 0 spiro atoms. The Bertz CT molecular complexity index is 691. The number of aromatic hydroxyl groups is 1. The molecule has 6 heteroatoms. The van der Waals surface area contributed by atoms with Gasteiger partial charge in [0.25, 0.3) is 0 Å². The molecule has 1 aliphatic rings. The van der Waals surface area contributed by atoms with E-state index in [4.69, 9.17) is 4.74 Å². The second kappa shape index (κ2) is 6.36. The van der Waals surface area contributed by atoms with Crippen molar-refractivity contribution in [3.63, 3.8) is 0 Å². The Balaban J connectivity index is 2.67. The maximum absolute atomic E-state index is 12.5. The number of ether oxygens (including phenoxy) is 1. The van der Waals surface area contributed by atoms with Crippen LogP contribution in [0.25, 0.3) is 0 Å². The number of aliphatic hydroxyl groups is 1. The number of carbonyl (C=O) groups is 3. The Morgan fingerprint density at radius 2 is 1.88 bits per heavy atom. The van der Waals surface area contributed by atoms with Gasteiger partial charge in [0.05, 0.1) is 24.5 Å². The zero-order valence-corrected chi connectivity index (χ0v) is 14.2. The van der Waals surface area contributed by atoms with E-state index in [1.54, 1.807) is 6.07 Å². The maximum atomic E-state index is 12.5. The molecule has 0 heterocycles. The predicted molar refractivity (Wildman–Crippen MR) is 86.0 cm³/mol. The molecule has 1 aromatic carbocycles. The summed E-state index contributed by atoms with van der Waals surface area (Å²) in [6.07, 6.45) is -0.243. The zero-order valence-electron chi connectivity index (χ0n) is 14.2. The Labute approximate surface area is 140 Å². The fourth-order valence-electron chi connectivity index (χ4n) is 3.81. The molecule has 0 radical (unpaired) electrons. The Hall–Kier alpha value is -2.21. The van der Waals surface area contributed by atoms with Gasteiger partial charge in [-0.2, -0.15) is 0 Å². The maximum Gasteiger partial charge on any atom is 0.160 e. The molecule has 1 fully saturated rings. The van der Waals surface area contributed by atoms with Gasteiger partial charge < -0.3 is 14.9 Å². The van der Waals surface area contributed by atoms with E-state index in [-0.39, 0.29) is 35.3 Å². The molecule has 2 rings (SSSR count). The highest BCUT2D eigenvalue weighted by molar-refractivity contribution is 6.05. The van der Waals surface area contributed by atoms with Crippen molar-refractivity contribution in [1.82, 2.24) is 0 Å². The molecular formula is C18H22O6. The molecule has 0 saturated heterocycles. The van der Waals surface area contributed by atoms with E-state index < -0.39 is 23.4 Å². The lowest BCUT2D eigenvalue weighted by Gasteiger charge is -2.44. The third-order valence-corrected chi connectivity index (χ3v) is 4.73. The lowest BCUT2D eigenvalue weighted by atomic mass is 9.60. The minimum atomic E-state index is -1.54. The third-order valence-electron chi connectivity index (χ3n) is 4.73. The second-order valence-electron chi connectivity index (χ2n) is 6.63. The van der Waals surface area contributed by atoms with E-state index in [0.717, 1.165) is 0 Å². The number of ketones is 3. The topological polar surface area (TPSA) is 101 Å². The Kier molecular flexibility index (Phi) is 4.80. The third kappa shape index (κ3) is 3.06. The van der Waals surface area contributed by atoms with Crippen LogP contribution in [0, 0.1) is 11.8 Å². The molecule has 6 nitrogen and oxygen atoms in total. The van der Waals surface area contributed by atoms with E-state index in [1.165, 1.54) is 40.0 Å². The van der Waals surface area contributed by atoms with E-state index in [0.29, 0.717) is 5.56 Å². The Morgan fingerprint density at radius 3 is 2.38 bits per heavy atom. The fourth-order valence-corrected chi connectivity index (χ4v) is 3.81. The number of rotatable bonds is 4. The largest absolute Gasteiger partial charge is 0.504 e. The molecule has 1 aromatic rings. The molecule has 2 N–H and O–H groups in total. The molecule has 1 aliphatic carbocycles. The van der Waals surface area contributed by atoms with Gasteiger partial charge in [0.15, 0.2) is 11.5 Å². The highest BCUT2D eigenvalue weighted by Crippen LogP contribution is 2.47. The summed E-state index contributed by atoms with van der Waals surface area (Å²) in [5.74, 6) is -3.65. The summed E-state index contributed by atoms with van der Waals surface area (Å²) in [5.41, 5.74) is -1.04. The van der Waals surface area contributed by atoms with Gasteiger partial charge in [-0.1, -0.05) is 6.07 Å². The SMILES string of the molecule is COc1cc([C@@H]2[C@H](C(C)=O)C(=O)C[C@](C)(O)[C@H]2C(C)=O)ccc1O. The number of Topliss-reactive ketones (excluding diaryl/α,β-unsaturated/α-hetero) is 3. The van der Waals surface area contributed by atoms with Crippen molar-refractivity contribution in [2.45, 2.75) is 38.7 Å². The minimum absolute atomic E-state index is 0.0890. The lowest BCUT2D eigenvalue weighted by molar-refractivity contribution is -0.151. The summed E-state index contributed by atoms with van der Waals surface area (Å²) in [6, 6.07) is 4.43. The van der Waals surface area contributed by atoms with Crippen LogP contribution in [-0.4, -0.2) is 40.3 Å². The van der Waals surface area contributed by atoms with Gasteiger partial charge in [0.2, 0.25) is 0 Å². The predicted octanol–water partition coefficient (Wildman–Crippen LogP) is 1.62. The smallest absolute Gasteiger partial charge is 0.160 e. The number of benzene rings is 1. The number of phenols is 1. The van der Waals surface area contributed by atoms with Crippen LogP contribution < -0.4 is 4.74 Å². The van der Waals surface area contributed by atoms with Crippen molar-refractivity contribution >= 4 is 17.3 Å². The number of methoxy groups -OCH3 is 1. The average Bonchev–Trinajstić information content (AvgIpc) is 2.44. The van der Waals surface area contributed by atoms with Crippen LogP contribution in [0.2, 0.25) is 0 Å². The van der Waals surface area contributed by atoms with Crippen LogP contribution in [0.5, 0.6) is 11.5 Å². The average molecular weight is 334 g/mol. The van der Waals surface area contributed by atoms with E-state index >= 15 is 0 Å². The van der Waals surface area contributed by atoms with Gasteiger partial charge in [-0.25, -0.2) is 0 Å². The first-order chi connectivity index (χ1) is 11.1. The van der Waals surface area contributed by atoms with Crippen LogP contribution in [0.4, 0.5) is 0 Å². The van der Waals surface area contributed by atoms with E-state index in [2.05, 4.69) is 0 Å². The molecule has 130 valence electrons. The zero-order chi connectivity index (χ0) is 18.2. The molecule has 0 bridgehead atoms. The first-order valence-corrected chi connectivity index (χ1v) is 7.73. The molecule has 1 saturated carbocycles. The molecule has 0 aliphatic heterocycles. The molecule has 4 atom stereocenters. The van der Waals surface area contributed by atoms with Crippen LogP contribution >= 0.6 is 0 Å². The number of hydrogen-bond acceptors (Lipinski definition) is 6. The van der Waals surface area contributed by atoms with Gasteiger partial charge in [-0.05, 0) is 38.5 Å². The van der Waals surface area contributed by atoms with Crippen molar-refractivity contribution in [1.29, 1.82) is 0 Å². The van der Waals surface area contributed by atoms with Crippen molar-refractivity contribution < 1.29 is 29.3 Å². The van der Waals surface area contributed by atoms with E-state index in [1.807, 2.05) is 0 Å². The number of carbonyl (C=O) groups excluding carboxylic acids is 3. The summed E-state index contributed by atoms with van der Waals surface area (Å²) in [7, 11) is 1.38. The first kappa shape index (κ1) is 18.1. The molecule has 0 aromatic heterocycles. The molecule has 0 amide bonds. The molecule has 24 heavy (non-hydrogen) atoms. The highest BCUT2D eigenvalue weighted by atomic mass is 16.5. The van der Waals surface area contributed by atoms with Gasteiger partial charge in [-0.15, -0.1) is 0 Å². The van der Waals surface area contributed by atoms with Crippen molar-refractivity contribution in [2.75, 3.05) is 7.11 Å². The Morgan fingerprint density at radius 1 is 1.25 bits per heavy atom. The van der Waals surface area contributed by atoms with Crippen LogP contribution in [0.3, 0.4) is 0 Å². The number of hydrogen-bond donors (Lipinski definition) is 2. The van der Waals surface area contributed by atoms with E-state index in [9.17, 15) is 24.6 Å².